The van der Waals surface area contributed by atoms with Crippen molar-refractivity contribution in [3.05, 3.63) is 77.4 Å². The number of anilines is 1. The van der Waals surface area contributed by atoms with E-state index < -0.39 is 0 Å². The Balaban J connectivity index is 1.66. The first kappa shape index (κ1) is 16.2. The topological polar surface area (TPSA) is 61.1 Å². The number of thioether (sulfide) groups is 1. The van der Waals surface area contributed by atoms with Crippen LogP contribution in [0.4, 0.5) is 5.00 Å². The van der Waals surface area contributed by atoms with Crippen LogP contribution in [0.5, 0.6) is 0 Å². The highest BCUT2D eigenvalue weighted by molar-refractivity contribution is 7.98. The second-order valence-corrected chi connectivity index (χ2v) is 6.60. The molecule has 0 fully saturated rings. The molecule has 1 N–H and O–H groups in total. The Morgan fingerprint density at radius 2 is 1.83 bits per heavy atom. The maximum atomic E-state index is 9.41. The molecule has 118 valence electrons. The summed E-state index contributed by atoms with van der Waals surface area (Å²) in [6.07, 6.45) is 1.72. The van der Waals surface area contributed by atoms with Crippen LogP contribution in [0.3, 0.4) is 0 Å². The van der Waals surface area contributed by atoms with Crippen molar-refractivity contribution in [1.82, 2.24) is 4.37 Å². The zero-order valence-corrected chi connectivity index (χ0v) is 14.3. The van der Waals surface area contributed by atoms with Crippen LogP contribution in [0.1, 0.15) is 16.7 Å². The molecule has 0 bridgehead atoms. The number of hydrogen-bond donors (Lipinski definition) is 1. The van der Waals surface area contributed by atoms with Crippen molar-refractivity contribution in [2.75, 3.05) is 5.43 Å². The molecule has 24 heavy (non-hydrogen) atoms. The number of aromatic nitrogens is 1. The van der Waals surface area contributed by atoms with E-state index >= 15 is 0 Å². The van der Waals surface area contributed by atoms with Gasteiger partial charge < -0.3 is 0 Å². The molecule has 0 aliphatic carbocycles. The summed E-state index contributed by atoms with van der Waals surface area (Å²) in [6, 6.07) is 22.1. The molecule has 0 spiro atoms. The molecule has 0 radical (unpaired) electrons. The minimum Gasteiger partial charge on any atom is -0.266 e. The van der Waals surface area contributed by atoms with Gasteiger partial charge in [-0.05, 0) is 22.7 Å². The fourth-order valence-electron chi connectivity index (χ4n) is 1.98. The van der Waals surface area contributed by atoms with Gasteiger partial charge in [0.15, 0.2) is 0 Å². The van der Waals surface area contributed by atoms with Gasteiger partial charge >= 0.3 is 0 Å². The van der Waals surface area contributed by atoms with Gasteiger partial charge in [-0.2, -0.15) is 14.7 Å². The molecular formula is C18H14N4S2. The number of hydrogen-bond acceptors (Lipinski definition) is 6. The lowest BCUT2D eigenvalue weighted by Gasteiger charge is -1.99. The van der Waals surface area contributed by atoms with E-state index in [1.807, 2.05) is 48.5 Å². The van der Waals surface area contributed by atoms with Gasteiger partial charge in [0.1, 0.15) is 21.7 Å². The normalized spacial score (nSPS) is 10.6. The van der Waals surface area contributed by atoms with E-state index in [1.165, 1.54) is 17.1 Å². The highest BCUT2D eigenvalue weighted by Gasteiger charge is 2.13. The smallest absolute Gasteiger partial charge is 0.148 e. The predicted octanol–water partition coefficient (Wildman–Crippen LogP) is 4.75. The maximum Gasteiger partial charge on any atom is 0.148 e. The number of nitrogens with zero attached hydrogens (tertiary/aromatic N) is 3. The van der Waals surface area contributed by atoms with Crippen molar-refractivity contribution in [3.63, 3.8) is 0 Å². The maximum absolute atomic E-state index is 9.41. The third-order valence-corrected chi connectivity index (χ3v) is 5.08. The second-order valence-electron chi connectivity index (χ2n) is 4.86. The third kappa shape index (κ3) is 4.22. The zero-order chi connectivity index (χ0) is 16.6. The quantitative estimate of drug-likeness (QED) is 0.396. The summed E-state index contributed by atoms with van der Waals surface area (Å²) in [5.41, 5.74) is 5.67. The van der Waals surface area contributed by atoms with Crippen molar-refractivity contribution in [2.24, 2.45) is 5.10 Å². The molecule has 1 heterocycles. The molecule has 6 heteroatoms. The van der Waals surface area contributed by atoms with E-state index in [0.717, 1.165) is 16.3 Å². The average molecular weight is 350 g/mol. The molecule has 0 aliphatic heterocycles. The summed E-state index contributed by atoms with van der Waals surface area (Å²) in [5.74, 6) is 0.784. The fraction of sp³-hybridized carbons (Fsp3) is 0.0556. The van der Waals surface area contributed by atoms with Gasteiger partial charge in [-0.3, -0.25) is 5.43 Å². The van der Waals surface area contributed by atoms with Crippen LogP contribution in [0.15, 0.2) is 70.8 Å². The fourth-order valence-corrected chi connectivity index (χ4v) is 3.75. The first-order chi connectivity index (χ1) is 11.9. The van der Waals surface area contributed by atoms with Crippen LogP contribution in [-0.4, -0.2) is 10.6 Å². The monoisotopic (exact) mass is 350 g/mol. The number of nitriles is 1. The lowest BCUT2D eigenvalue weighted by Crippen LogP contribution is -1.90. The van der Waals surface area contributed by atoms with Gasteiger partial charge in [-0.25, -0.2) is 0 Å². The Morgan fingerprint density at radius 1 is 1.12 bits per heavy atom. The van der Waals surface area contributed by atoms with Gasteiger partial charge in [0.05, 0.1) is 6.21 Å². The number of hydrazone groups is 1. The van der Waals surface area contributed by atoms with E-state index in [2.05, 4.69) is 33.1 Å². The molecule has 0 saturated carbocycles. The van der Waals surface area contributed by atoms with Gasteiger partial charge in [0, 0.05) is 5.75 Å². The van der Waals surface area contributed by atoms with Crippen LogP contribution in [0, 0.1) is 11.3 Å². The molecule has 1 aromatic heterocycles. The molecule has 0 saturated heterocycles. The van der Waals surface area contributed by atoms with Crippen molar-refractivity contribution >= 4 is 34.5 Å². The summed E-state index contributed by atoms with van der Waals surface area (Å²) < 4.78 is 4.37. The third-order valence-electron chi connectivity index (χ3n) is 3.17. The number of nitrogens with one attached hydrogen (secondary N) is 1. The Labute approximate surface area is 149 Å². The Morgan fingerprint density at radius 3 is 2.54 bits per heavy atom. The van der Waals surface area contributed by atoms with Crippen LogP contribution < -0.4 is 5.43 Å². The average Bonchev–Trinajstić information content (AvgIpc) is 3.03. The van der Waals surface area contributed by atoms with E-state index in [1.54, 1.807) is 18.0 Å². The molecule has 3 aromatic rings. The first-order valence-corrected chi connectivity index (χ1v) is 9.03. The molecule has 0 amide bonds. The second kappa shape index (κ2) is 8.29. The first-order valence-electron chi connectivity index (χ1n) is 7.27. The number of rotatable bonds is 6. The molecule has 0 atom stereocenters. The van der Waals surface area contributed by atoms with Gasteiger partial charge in [0.2, 0.25) is 0 Å². The summed E-state index contributed by atoms with van der Waals surface area (Å²) in [5, 5.41) is 15.0. The molecule has 0 aliphatic rings. The zero-order valence-electron chi connectivity index (χ0n) is 12.7. The lowest BCUT2D eigenvalue weighted by atomic mass is 10.2. The van der Waals surface area contributed by atoms with Crippen LogP contribution in [0.2, 0.25) is 0 Å². The van der Waals surface area contributed by atoms with E-state index in [4.69, 9.17) is 0 Å². The number of benzene rings is 2. The molecule has 4 nitrogen and oxygen atoms in total. The van der Waals surface area contributed by atoms with Gasteiger partial charge in [-0.1, -0.05) is 72.4 Å². The van der Waals surface area contributed by atoms with E-state index in [0.29, 0.717) is 10.6 Å². The SMILES string of the molecule is N#Cc1c(SCc2ccccc2)nsc1N/N=C/c1ccccc1. The highest BCUT2D eigenvalue weighted by Crippen LogP contribution is 2.32. The highest BCUT2D eigenvalue weighted by atomic mass is 32.2. The van der Waals surface area contributed by atoms with Crippen molar-refractivity contribution in [2.45, 2.75) is 10.8 Å². The van der Waals surface area contributed by atoms with Crippen molar-refractivity contribution in [3.8, 4) is 6.07 Å². The molecular weight excluding hydrogens is 336 g/mol. The summed E-state index contributed by atoms with van der Waals surface area (Å²) in [7, 11) is 0. The van der Waals surface area contributed by atoms with Crippen LogP contribution in [-0.2, 0) is 5.75 Å². The molecule has 3 rings (SSSR count). The van der Waals surface area contributed by atoms with Crippen molar-refractivity contribution < 1.29 is 0 Å². The lowest BCUT2D eigenvalue weighted by molar-refractivity contribution is 1.23. The Bertz CT molecular complexity index is 852. The van der Waals surface area contributed by atoms with Crippen LogP contribution >= 0.6 is 23.3 Å². The summed E-state index contributed by atoms with van der Waals surface area (Å²) >= 11 is 2.81. The largest absolute Gasteiger partial charge is 0.266 e. The summed E-state index contributed by atoms with van der Waals surface area (Å²) in [6.45, 7) is 0. The van der Waals surface area contributed by atoms with Gasteiger partial charge in [0.25, 0.3) is 0 Å². The minimum absolute atomic E-state index is 0.547. The molecule has 0 unspecified atom stereocenters. The Hall–Kier alpha value is -2.62. The minimum atomic E-state index is 0.547. The van der Waals surface area contributed by atoms with Gasteiger partial charge in [-0.15, -0.1) is 0 Å². The van der Waals surface area contributed by atoms with E-state index in [9.17, 15) is 5.26 Å². The van der Waals surface area contributed by atoms with Crippen LogP contribution in [0.25, 0.3) is 0 Å². The predicted molar refractivity (Wildman–Crippen MR) is 100 cm³/mol. The van der Waals surface area contributed by atoms with Crippen molar-refractivity contribution in [1.29, 1.82) is 5.26 Å². The summed E-state index contributed by atoms with van der Waals surface area (Å²) in [4.78, 5) is 0. The Kier molecular flexibility index (Phi) is 5.61. The molecule has 2 aromatic carbocycles. The standard InChI is InChI=1S/C18H14N4S2/c19-11-16-17(21-20-12-14-7-3-1-4-8-14)24-22-18(16)23-13-15-9-5-2-6-10-15/h1-10,12,21H,13H2/b20-12+. The van der Waals surface area contributed by atoms with E-state index in [-0.39, 0.29) is 0 Å².